The molecule has 1 saturated heterocycles. The summed E-state index contributed by atoms with van der Waals surface area (Å²) in [6, 6.07) is 8.14. The molecule has 0 saturated carbocycles. The first kappa shape index (κ1) is 18.5. The van der Waals surface area contributed by atoms with Gasteiger partial charge in [-0.05, 0) is 44.0 Å². The average Bonchev–Trinajstić information content (AvgIpc) is 3.13. The number of carbonyl (C=O) groups excluding carboxylic acids is 2. The minimum Gasteiger partial charge on any atom is -0.462 e. The van der Waals surface area contributed by atoms with E-state index >= 15 is 0 Å². The fourth-order valence-electron chi connectivity index (χ4n) is 2.35. The number of hydrogen-bond donors (Lipinski definition) is 2. The van der Waals surface area contributed by atoms with E-state index in [1.165, 1.54) is 6.20 Å². The molecule has 0 aliphatic carbocycles. The monoisotopic (exact) mass is 343 g/mol. The minimum atomic E-state index is -0.522. The zero-order valence-electron chi connectivity index (χ0n) is 14.1. The van der Waals surface area contributed by atoms with Crippen LogP contribution >= 0.6 is 0 Å². The maximum Gasteiger partial charge on any atom is 0.338 e. The molecule has 1 aromatic carbocycles. The van der Waals surface area contributed by atoms with Gasteiger partial charge >= 0.3 is 5.97 Å². The Morgan fingerprint density at radius 1 is 1.40 bits per heavy atom. The Morgan fingerprint density at radius 3 is 2.76 bits per heavy atom. The van der Waals surface area contributed by atoms with Gasteiger partial charge in [-0.25, -0.2) is 4.79 Å². The first-order valence-electron chi connectivity index (χ1n) is 8.17. The molecule has 1 aromatic rings. The molecule has 132 valence electrons. The summed E-state index contributed by atoms with van der Waals surface area (Å²) in [7, 11) is 0. The Kier molecular flexibility index (Phi) is 6.99. The van der Waals surface area contributed by atoms with Crippen LogP contribution in [0.5, 0.6) is 0 Å². The van der Waals surface area contributed by atoms with Gasteiger partial charge in [-0.1, -0.05) is 0 Å². The number of nitrogens with zero attached hydrogens (tertiary/aromatic N) is 1. The molecule has 25 heavy (non-hydrogen) atoms. The summed E-state index contributed by atoms with van der Waals surface area (Å²) in [6.45, 7) is 3.35. The van der Waals surface area contributed by atoms with Crippen molar-refractivity contribution < 1.29 is 19.1 Å². The normalized spacial score (nSPS) is 16.8. The number of rotatable bonds is 7. The van der Waals surface area contributed by atoms with Gasteiger partial charge in [-0.15, -0.1) is 0 Å². The molecule has 1 amide bonds. The summed E-state index contributed by atoms with van der Waals surface area (Å²) >= 11 is 0. The van der Waals surface area contributed by atoms with Gasteiger partial charge in [-0.3, -0.25) is 4.79 Å². The largest absolute Gasteiger partial charge is 0.462 e. The predicted octanol–water partition coefficient (Wildman–Crippen LogP) is 1.98. The second-order valence-corrected chi connectivity index (χ2v) is 5.47. The molecule has 1 atom stereocenters. The summed E-state index contributed by atoms with van der Waals surface area (Å²) in [5.41, 5.74) is 0.847. The van der Waals surface area contributed by atoms with E-state index in [0.29, 0.717) is 24.4 Å². The highest BCUT2D eigenvalue weighted by molar-refractivity contribution is 6.06. The molecule has 0 bridgehead atoms. The third-order valence-electron chi connectivity index (χ3n) is 3.63. The lowest BCUT2D eigenvalue weighted by Gasteiger charge is -2.09. The Hall–Kier alpha value is -2.85. The molecule has 1 aliphatic rings. The fourth-order valence-corrected chi connectivity index (χ4v) is 2.35. The molecular weight excluding hydrogens is 322 g/mol. The van der Waals surface area contributed by atoms with E-state index in [9.17, 15) is 9.59 Å². The third kappa shape index (κ3) is 5.62. The average molecular weight is 343 g/mol. The van der Waals surface area contributed by atoms with Crippen LogP contribution in [0.4, 0.5) is 5.69 Å². The fraction of sp³-hybridized carbons (Fsp3) is 0.389. The van der Waals surface area contributed by atoms with E-state index in [-0.39, 0.29) is 11.7 Å². The minimum absolute atomic E-state index is 0.0348. The van der Waals surface area contributed by atoms with Crippen LogP contribution in [-0.2, 0) is 14.3 Å². The van der Waals surface area contributed by atoms with E-state index in [0.717, 1.165) is 19.4 Å². The Morgan fingerprint density at radius 2 is 2.16 bits per heavy atom. The van der Waals surface area contributed by atoms with Crippen molar-refractivity contribution in [2.75, 3.05) is 25.1 Å². The molecule has 0 radical (unpaired) electrons. The number of amides is 1. The van der Waals surface area contributed by atoms with Crippen LogP contribution < -0.4 is 10.6 Å². The Balaban J connectivity index is 1.90. The SMILES string of the molecule is CCOC(=O)c1ccc(NC(=O)/C(C#N)=C\NCC2CCCO2)cc1. The number of carbonyl (C=O) groups is 2. The highest BCUT2D eigenvalue weighted by Crippen LogP contribution is 2.12. The Labute approximate surface area is 146 Å². The van der Waals surface area contributed by atoms with E-state index in [2.05, 4.69) is 10.6 Å². The van der Waals surface area contributed by atoms with Crippen LogP contribution in [0, 0.1) is 11.3 Å². The summed E-state index contributed by atoms with van der Waals surface area (Å²) in [4.78, 5) is 23.7. The number of benzene rings is 1. The van der Waals surface area contributed by atoms with Crippen molar-refractivity contribution in [1.29, 1.82) is 5.26 Å². The van der Waals surface area contributed by atoms with Gasteiger partial charge in [0.1, 0.15) is 11.6 Å². The second kappa shape index (κ2) is 9.45. The van der Waals surface area contributed by atoms with Gasteiger partial charge in [0.2, 0.25) is 0 Å². The van der Waals surface area contributed by atoms with Gasteiger partial charge < -0.3 is 20.1 Å². The lowest BCUT2D eigenvalue weighted by molar-refractivity contribution is -0.112. The molecule has 7 nitrogen and oxygen atoms in total. The lowest BCUT2D eigenvalue weighted by Crippen LogP contribution is -2.24. The van der Waals surface area contributed by atoms with Crippen molar-refractivity contribution >= 4 is 17.6 Å². The molecule has 1 fully saturated rings. The van der Waals surface area contributed by atoms with Gasteiger partial charge in [0.15, 0.2) is 0 Å². The summed E-state index contributed by atoms with van der Waals surface area (Å²) < 4.78 is 10.4. The summed E-state index contributed by atoms with van der Waals surface area (Å²) in [5, 5.41) is 14.7. The van der Waals surface area contributed by atoms with Crippen molar-refractivity contribution in [3.63, 3.8) is 0 Å². The first-order valence-corrected chi connectivity index (χ1v) is 8.17. The van der Waals surface area contributed by atoms with Crippen LogP contribution in [-0.4, -0.2) is 37.7 Å². The number of ether oxygens (including phenoxy) is 2. The van der Waals surface area contributed by atoms with Crippen LogP contribution in [0.15, 0.2) is 36.0 Å². The van der Waals surface area contributed by atoms with E-state index < -0.39 is 11.9 Å². The predicted molar refractivity (Wildman–Crippen MR) is 91.7 cm³/mol. The molecule has 7 heteroatoms. The number of nitrogens with one attached hydrogen (secondary N) is 2. The Bertz CT molecular complexity index is 671. The van der Waals surface area contributed by atoms with Crippen molar-refractivity contribution in [2.24, 2.45) is 0 Å². The van der Waals surface area contributed by atoms with Crippen LogP contribution in [0.1, 0.15) is 30.1 Å². The molecular formula is C18H21N3O4. The molecule has 0 spiro atoms. The van der Waals surface area contributed by atoms with Gasteiger partial charge in [0.25, 0.3) is 5.91 Å². The lowest BCUT2D eigenvalue weighted by atomic mass is 10.2. The maximum atomic E-state index is 12.1. The topological polar surface area (TPSA) is 100 Å². The van der Waals surface area contributed by atoms with Gasteiger partial charge in [-0.2, -0.15) is 5.26 Å². The van der Waals surface area contributed by atoms with Gasteiger partial charge in [0, 0.05) is 25.0 Å². The van der Waals surface area contributed by atoms with Crippen LogP contribution in [0.2, 0.25) is 0 Å². The molecule has 1 heterocycles. The quantitative estimate of drug-likeness (QED) is 0.446. The third-order valence-corrected chi connectivity index (χ3v) is 3.63. The summed E-state index contributed by atoms with van der Waals surface area (Å²) in [5.74, 6) is -0.942. The van der Waals surface area contributed by atoms with E-state index in [4.69, 9.17) is 14.7 Å². The van der Waals surface area contributed by atoms with E-state index in [1.807, 2.05) is 6.07 Å². The van der Waals surface area contributed by atoms with Crippen molar-refractivity contribution in [3.8, 4) is 6.07 Å². The molecule has 1 unspecified atom stereocenters. The van der Waals surface area contributed by atoms with Crippen molar-refractivity contribution in [2.45, 2.75) is 25.9 Å². The number of hydrogen-bond acceptors (Lipinski definition) is 6. The second-order valence-electron chi connectivity index (χ2n) is 5.47. The molecule has 2 N–H and O–H groups in total. The zero-order valence-corrected chi connectivity index (χ0v) is 14.1. The molecule has 1 aliphatic heterocycles. The summed E-state index contributed by atoms with van der Waals surface area (Å²) in [6.07, 6.45) is 3.52. The molecule has 0 aromatic heterocycles. The highest BCUT2D eigenvalue weighted by atomic mass is 16.5. The number of anilines is 1. The van der Waals surface area contributed by atoms with Crippen molar-refractivity contribution in [3.05, 3.63) is 41.6 Å². The van der Waals surface area contributed by atoms with Crippen molar-refractivity contribution in [1.82, 2.24) is 5.32 Å². The highest BCUT2D eigenvalue weighted by Gasteiger charge is 2.15. The number of nitriles is 1. The smallest absolute Gasteiger partial charge is 0.338 e. The number of esters is 1. The zero-order chi connectivity index (χ0) is 18.1. The van der Waals surface area contributed by atoms with Crippen LogP contribution in [0.3, 0.4) is 0 Å². The van der Waals surface area contributed by atoms with E-state index in [1.54, 1.807) is 31.2 Å². The maximum absolute atomic E-state index is 12.1. The van der Waals surface area contributed by atoms with Crippen LogP contribution in [0.25, 0.3) is 0 Å². The first-order chi connectivity index (χ1) is 12.1. The molecule has 2 rings (SSSR count). The standard InChI is InChI=1S/C18H21N3O4/c1-2-24-18(23)13-5-7-15(8-6-13)21-17(22)14(10-19)11-20-12-16-4-3-9-25-16/h5-8,11,16,20H,2-4,9,12H2,1H3,(H,21,22)/b14-11-. The van der Waals surface area contributed by atoms with Gasteiger partial charge in [0.05, 0.1) is 18.3 Å².